The zero-order chi connectivity index (χ0) is 22.4. The zero-order valence-corrected chi connectivity index (χ0v) is 18.0. The molecule has 3 aromatic rings. The first-order chi connectivity index (χ1) is 14.7. The molecule has 3 rings (SSSR count). The number of benzene rings is 2. The molecule has 9 nitrogen and oxygen atoms in total. The Kier molecular flexibility index (Phi) is 7.10. The van der Waals surface area contributed by atoms with Gasteiger partial charge in [-0.3, -0.25) is 9.59 Å². The molecule has 0 saturated heterocycles. The third-order valence-electron chi connectivity index (χ3n) is 4.29. The fourth-order valence-corrected chi connectivity index (χ4v) is 4.13. The fraction of sp³-hybridized carbons (Fsp3) is 0.150. The van der Waals surface area contributed by atoms with E-state index in [4.69, 9.17) is 10.9 Å². The van der Waals surface area contributed by atoms with Crippen LogP contribution in [0.1, 0.15) is 5.56 Å². The molecule has 0 bridgehead atoms. The second kappa shape index (κ2) is 9.77. The second-order valence-corrected chi connectivity index (χ2v) is 9.10. The highest BCUT2D eigenvalue weighted by Crippen LogP contribution is 2.19. The Morgan fingerprint density at radius 1 is 1.10 bits per heavy atom. The minimum absolute atomic E-state index is 0.0157. The SMILES string of the molecule is Nc1cc(=O)nc(SCC(=O)Nc2ccc(S(N)(=O)=O)cc2)n1CCc1ccccc1. The second-order valence-electron chi connectivity index (χ2n) is 6.60. The van der Waals surface area contributed by atoms with E-state index in [1.54, 1.807) is 4.57 Å². The minimum Gasteiger partial charge on any atom is -0.385 e. The Morgan fingerprint density at radius 2 is 1.77 bits per heavy atom. The summed E-state index contributed by atoms with van der Waals surface area (Å²) >= 11 is 1.09. The van der Waals surface area contributed by atoms with Crippen molar-refractivity contribution in [2.45, 2.75) is 23.0 Å². The molecule has 31 heavy (non-hydrogen) atoms. The summed E-state index contributed by atoms with van der Waals surface area (Å²) in [5.74, 6) is -0.0879. The highest BCUT2D eigenvalue weighted by atomic mass is 32.2. The van der Waals surface area contributed by atoms with Gasteiger partial charge in [-0.05, 0) is 36.2 Å². The summed E-state index contributed by atoms with van der Waals surface area (Å²) < 4.78 is 24.3. The van der Waals surface area contributed by atoms with Crippen LogP contribution in [0.15, 0.2) is 75.5 Å². The van der Waals surface area contributed by atoms with Crippen LogP contribution in [0.3, 0.4) is 0 Å². The van der Waals surface area contributed by atoms with Crippen molar-refractivity contribution in [3.63, 3.8) is 0 Å². The molecule has 0 spiro atoms. The molecular formula is C20H21N5O4S2. The predicted molar refractivity (Wildman–Crippen MR) is 120 cm³/mol. The Labute approximate surface area is 183 Å². The van der Waals surface area contributed by atoms with Crippen LogP contribution in [0.25, 0.3) is 0 Å². The van der Waals surface area contributed by atoms with Crippen LogP contribution in [0.5, 0.6) is 0 Å². The summed E-state index contributed by atoms with van der Waals surface area (Å²) in [7, 11) is -3.80. The summed E-state index contributed by atoms with van der Waals surface area (Å²) in [6, 6.07) is 16.5. The molecule has 0 aliphatic heterocycles. The number of nitrogens with one attached hydrogen (secondary N) is 1. The van der Waals surface area contributed by atoms with Gasteiger partial charge in [0.15, 0.2) is 5.16 Å². The van der Waals surface area contributed by atoms with Gasteiger partial charge in [-0.15, -0.1) is 0 Å². The maximum absolute atomic E-state index is 12.3. The number of thioether (sulfide) groups is 1. The van der Waals surface area contributed by atoms with E-state index in [1.807, 2.05) is 30.3 Å². The largest absolute Gasteiger partial charge is 0.385 e. The summed E-state index contributed by atoms with van der Waals surface area (Å²) in [6.07, 6.45) is 0.686. The maximum atomic E-state index is 12.3. The summed E-state index contributed by atoms with van der Waals surface area (Å²) in [5, 5.41) is 8.06. The highest BCUT2D eigenvalue weighted by molar-refractivity contribution is 7.99. The third-order valence-corrected chi connectivity index (χ3v) is 6.19. The van der Waals surface area contributed by atoms with Crippen molar-refractivity contribution in [1.82, 2.24) is 9.55 Å². The van der Waals surface area contributed by atoms with Gasteiger partial charge in [-0.2, -0.15) is 4.98 Å². The first-order valence-electron chi connectivity index (χ1n) is 9.19. The lowest BCUT2D eigenvalue weighted by atomic mass is 10.1. The molecule has 1 amide bonds. The maximum Gasteiger partial charge on any atom is 0.275 e. The van der Waals surface area contributed by atoms with E-state index in [0.717, 1.165) is 17.3 Å². The zero-order valence-electron chi connectivity index (χ0n) is 16.4. The molecule has 5 N–H and O–H groups in total. The predicted octanol–water partition coefficient (Wildman–Crippen LogP) is 1.45. The van der Waals surface area contributed by atoms with E-state index in [2.05, 4.69) is 10.3 Å². The molecule has 162 valence electrons. The summed E-state index contributed by atoms with van der Waals surface area (Å²) in [6.45, 7) is 0.502. The number of aromatic nitrogens is 2. The van der Waals surface area contributed by atoms with Crippen LogP contribution in [0.2, 0.25) is 0 Å². The minimum atomic E-state index is -3.80. The van der Waals surface area contributed by atoms with Crippen LogP contribution in [0, 0.1) is 0 Å². The number of sulfonamides is 1. The van der Waals surface area contributed by atoms with Gasteiger partial charge in [0.1, 0.15) is 5.82 Å². The van der Waals surface area contributed by atoms with Gasteiger partial charge in [0, 0.05) is 18.3 Å². The Bertz CT molecular complexity index is 1230. The number of rotatable bonds is 8. The highest BCUT2D eigenvalue weighted by Gasteiger charge is 2.12. The monoisotopic (exact) mass is 459 g/mol. The number of hydrogen-bond donors (Lipinski definition) is 3. The standard InChI is InChI=1S/C20H21N5O4S2/c21-17-12-18(26)24-20(25(17)11-10-14-4-2-1-3-5-14)30-13-19(27)23-15-6-8-16(9-7-15)31(22,28)29/h1-9,12H,10-11,13,21H2,(H,23,27)(H2,22,28,29). The Hall–Kier alpha value is -3.15. The number of hydrogen-bond acceptors (Lipinski definition) is 7. The van der Waals surface area contributed by atoms with E-state index in [9.17, 15) is 18.0 Å². The first-order valence-corrected chi connectivity index (χ1v) is 11.7. The van der Waals surface area contributed by atoms with E-state index < -0.39 is 15.6 Å². The van der Waals surface area contributed by atoms with Crippen LogP contribution in [-0.4, -0.2) is 29.6 Å². The number of aryl methyl sites for hydroxylation is 1. The lowest BCUT2D eigenvalue weighted by Gasteiger charge is -2.14. The molecule has 0 fully saturated rings. The number of carbonyl (C=O) groups excluding carboxylic acids is 1. The summed E-state index contributed by atoms with van der Waals surface area (Å²) in [5.41, 5.74) is 7.06. The smallest absolute Gasteiger partial charge is 0.275 e. The normalized spacial score (nSPS) is 11.3. The van der Waals surface area contributed by atoms with E-state index in [-0.39, 0.29) is 22.4 Å². The van der Waals surface area contributed by atoms with Gasteiger partial charge in [-0.25, -0.2) is 13.6 Å². The van der Waals surface area contributed by atoms with Crippen molar-refractivity contribution < 1.29 is 13.2 Å². The van der Waals surface area contributed by atoms with Gasteiger partial charge in [0.2, 0.25) is 15.9 Å². The van der Waals surface area contributed by atoms with Gasteiger partial charge < -0.3 is 15.6 Å². The lowest BCUT2D eigenvalue weighted by molar-refractivity contribution is -0.113. The number of nitrogen functional groups attached to an aromatic ring is 1. The quantitative estimate of drug-likeness (QED) is 0.341. The van der Waals surface area contributed by atoms with Crippen molar-refractivity contribution in [3.8, 4) is 0 Å². The molecule has 1 heterocycles. The number of anilines is 2. The topological polar surface area (TPSA) is 150 Å². The van der Waals surface area contributed by atoms with Gasteiger partial charge >= 0.3 is 0 Å². The molecule has 11 heteroatoms. The molecule has 0 aliphatic carbocycles. The average molecular weight is 460 g/mol. The van der Waals surface area contributed by atoms with Crippen LogP contribution in [0.4, 0.5) is 11.5 Å². The van der Waals surface area contributed by atoms with Gasteiger partial charge in [0.05, 0.1) is 10.6 Å². The molecule has 0 atom stereocenters. The Balaban J connectivity index is 1.66. The van der Waals surface area contributed by atoms with Gasteiger partial charge in [-0.1, -0.05) is 42.1 Å². The van der Waals surface area contributed by atoms with Crippen molar-refractivity contribution in [3.05, 3.63) is 76.6 Å². The molecular weight excluding hydrogens is 438 g/mol. The molecule has 2 aromatic carbocycles. The molecule has 0 unspecified atom stereocenters. The van der Waals surface area contributed by atoms with Crippen molar-refractivity contribution in [2.75, 3.05) is 16.8 Å². The number of nitrogens with zero attached hydrogens (tertiary/aromatic N) is 2. The lowest BCUT2D eigenvalue weighted by Crippen LogP contribution is -2.20. The number of primary sulfonamides is 1. The van der Waals surface area contributed by atoms with E-state index in [0.29, 0.717) is 23.8 Å². The van der Waals surface area contributed by atoms with Crippen molar-refractivity contribution in [1.29, 1.82) is 0 Å². The van der Waals surface area contributed by atoms with Crippen molar-refractivity contribution >= 4 is 39.2 Å². The first kappa shape index (κ1) is 22.5. The number of carbonyl (C=O) groups is 1. The molecule has 0 saturated carbocycles. The van der Waals surface area contributed by atoms with Crippen LogP contribution >= 0.6 is 11.8 Å². The third kappa shape index (κ3) is 6.41. The van der Waals surface area contributed by atoms with Crippen LogP contribution < -0.4 is 21.7 Å². The van der Waals surface area contributed by atoms with Crippen molar-refractivity contribution in [2.24, 2.45) is 5.14 Å². The summed E-state index contributed by atoms with van der Waals surface area (Å²) in [4.78, 5) is 28.1. The number of nitrogens with two attached hydrogens (primary N) is 2. The average Bonchev–Trinajstić information content (AvgIpc) is 2.72. The van der Waals surface area contributed by atoms with Crippen LogP contribution in [-0.2, 0) is 27.8 Å². The van der Waals surface area contributed by atoms with E-state index >= 15 is 0 Å². The Morgan fingerprint density at radius 3 is 2.42 bits per heavy atom. The number of amides is 1. The van der Waals surface area contributed by atoms with Gasteiger partial charge in [0.25, 0.3) is 5.56 Å². The van der Waals surface area contributed by atoms with E-state index in [1.165, 1.54) is 30.3 Å². The molecule has 1 aromatic heterocycles. The fourth-order valence-electron chi connectivity index (χ4n) is 2.78. The molecule has 0 radical (unpaired) electrons. The molecule has 0 aliphatic rings.